The molecular formula is C26H21N3O3. The highest BCUT2D eigenvalue weighted by atomic mass is 16.5. The molecule has 0 unspecified atom stereocenters. The molecule has 0 saturated heterocycles. The fraction of sp³-hybridized carbons (Fsp3) is 0.0769. The van der Waals surface area contributed by atoms with Crippen LogP contribution in [-0.4, -0.2) is 22.9 Å². The molecule has 32 heavy (non-hydrogen) atoms. The van der Waals surface area contributed by atoms with Gasteiger partial charge in [0.05, 0.1) is 12.8 Å². The molecule has 6 heteroatoms. The van der Waals surface area contributed by atoms with Crippen molar-refractivity contribution in [1.82, 2.24) is 9.78 Å². The fourth-order valence-electron chi connectivity index (χ4n) is 4.01. The van der Waals surface area contributed by atoms with Crippen LogP contribution in [0.15, 0.2) is 83.3 Å². The van der Waals surface area contributed by atoms with E-state index >= 15 is 0 Å². The highest BCUT2D eigenvalue weighted by molar-refractivity contribution is 6.04. The average Bonchev–Trinajstić information content (AvgIpc) is 3.39. The van der Waals surface area contributed by atoms with Crippen molar-refractivity contribution in [3.8, 4) is 39.5 Å². The van der Waals surface area contributed by atoms with Crippen LogP contribution in [0, 0.1) is 6.92 Å². The van der Waals surface area contributed by atoms with Crippen molar-refractivity contribution in [2.45, 2.75) is 6.92 Å². The summed E-state index contributed by atoms with van der Waals surface area (Å²) in [6.07, 6.45) is 0. The first-order valence-electron chi connectivity index (χ1n) is 10.2. The number of amides is 1. The van der Waals surface area contributed by atoms with Crippen LogP contribution in [0.1, 0.15) is 5.69 Å². The molecule has 2 aromatic heterocycles. The lowest BCUT2D eigenvalue weighted by molar-refractivity contribution is 0.247. The third-order valence-electron chi connectivity index (χ3n) is 5.48. The second-order valence-electron chi connectivity index (χ2n) is 7.51. The molecule has 6 nitrogen and oxygen atoms in total. The first-order valence-corrected chi connectivity index (χ1v) is 10.2. The smallest absolute Gasteiger partial charge is 0.339 e. The highest BCUT2D eigenvalue weighted by Gasteiger charge is 2.22. The van der Waals surface area contributed by atoms with Gasteiger partial charge in [-0.3, -0.25) is 0 Å². The number of hydrogen-bond donors (Lipinski definition) is 1. The number of nitrogens with zero attached hydrogens (tertiary/aromatic N) is 2. The van der Waals surface area contributed by atoms with Gasteiger partial charge in [0.2, 0.25) is 0 Å². The molecular weight excluding hydrogens is 402 g/mol. The van der Waals surface area contributed by atoms with Gasteiger partial charge in [-0.15, -0.1) is 0 Å². The van der Waals surface area contributed by atoms with E-state index in [1.807, 2.05) is 60.7 Å². The lowest BCUT2D eigenvalue weighted by atomic mass is 9.97. The molecule has 0 saturated carbocycles. The summed E-state index contributed by atoms with van der Waals surface area (Å²) >= 11 is 0. The largest absolute Gasteiger partial charge is 0.496 e. The molecule has 158 valence electrons. The number of hydrogen-bond acceptors (Lipinski definition) is 4. The number of carbonyl (C=O) groups is 1. The molecule has 0 aliphatic rings. The van der Waals surface area contributed by atoms with E-state index in [4.69, 9.17) is 14.9 Å². The predicted molar refractivity (Wildman–Crippen MR) is 125 cm³/mol. The summed E-state index contributed by atoms with van der Waals surface area (Å²) in [4.78, 5) is 11.7. The van der Waals surface area contributed by atoms with Crippen LogP contribution in [0.4, 0.5) is 4.79 Å². The van der Waals surface area contributed by atoms with Crippen LogP contribution in [-0.2, 0) is 0 Å². The Balaban J connectivity index is 1.79. The van der Waals surface area contributed by atoms with E-state index in [0.29, 0.717) is 22.7 Å². The Kier molecular flexibility index (Phi) is 4.75. The molecule has 5 aromatic rings. The minimum atomic E-state index is -0.635. The van der Waals surface area contributed by atoms with E-state index in [0.717, 1.165) is 33.4 Å². The van der Waals surface area contributed by atoms with Crippen LogP contribution < -0.4 is 10.5 Å². The summed E-state index contributed by atoms with van der Waals surface area (Å²) in [7, 11) is 1.61. The van der Waals surface area contributed by atoms with Gasteiger partial charge in [-0.2, -0.15) is 9.78 Å². The number of primary amides is 1. The fourth-order valence-corrected chi connectivity index (χ4v) is 4.01. The van der Waals surface area contributed by atoms with Crippen molar-refractivity contribution in [2.24, 2.45) is 5.73 Å². The maximum absolute atomic E-state index is 11.7. The Morgan fingerprint density at radius 1 is 0.969 bits per heavy atom. The standard InChI is InChI=1S/C26H21N3O3/c1-16-13-21(28-29(16)26(27)30)19-14-23-20(15-22(19)31-2)24(17-9-5-3-6-10-17)25(32-23)18-11-7-4-8-12-18/h3-15H,1-2H3,(H2,27,30). The van der Waals surface area contributed by atoms with Gasteiger partial charge in [0.1, 0.15) is 17.1 Å². The van der Waals surface area contributed by atoms with Crippen LogP contribution in [0.25, 0.3) is 44.7 Å². The molecule has 3 aromatic carbocycles. The predicted octanol–water partition coefficient (Wildman–Crippen LogP) is 5.87. The van der Waals surface area contributed by atoms with Gasteiger partial charge in [-0.25, -0.2) is 4.79 Å². The number of aryl methyl sites for hydroxylation is 1. The number of rotatable bonds is 4. The number of carbonyl (C=O) groups excluding carboxylic acids is 1. The molecule has 1 amide bonds. The first-order chi connectivity index (χ1) is 15.6. The van der Waals surface area contributed by atoms with Crippen molar-refractivity contribution < 1.29 is 13.9 Å². The molecule has 0 fully saturated rings. The van der Waals surface area contributed by atoms with Gasteiger partial charge in [-0.1, -0.05) is 60.7 Å². The van der Waals surface area contributed by atoms with Crippen LogP contribution in [0.2, 0.25) is 0 Å². The number of benzene rings is 3. The molecule has 0 bridgehead atoms. The van der Waals surface area contributed by atoms with Gasteiger partial charge in [-0.05, 0) is 30.7 Å². The molecule has 0 aliphatic heterocycles. The number of furan rings is 1. The van der Waals surface area contributed by atoms with E-state index in [-0.39, 0.29) is 0 Å². The van der Waals surface area contributed by atoms with E-state index in [9.17, 15) is 4.79 Å². The van der Waals surface area contributed by atoms with Gasteiger partial charge < -0.3 is 14.9 Å². The molecule has 2 heterocycles. The molecule has 2 N–H and O–H groups in total. The number of methoxy groups -OCH3 is 1. The number of nitrogens with two attached hydrogens (primary N) is 1. The summed E-state index contributed by atoms with van der Waals surface area (Å²) in [5.74, 6) is 1.41. The monoisotopic (exact) mass is 423 g/mol. The molecule has 0 spiro atoms. The van der Waals surface area contributed by atoms with Crippen molar-refractivity contribution in [1.29, 1.82) is 0 Å². The Hall–Kier alpha value is -4.32. The summed E-state index contributed by atoms with van der Waals surface area (Å²) in [5.41, 5.74) is 11.1. The van der Waals surface area contributed by atoms with E-state index < -0.39 is 6.03 Å². The summed E-state index contributed by atoms with van der Waals surface area (Å²) < 4.78 is 13.3. The first kappa shape index (κ1) is 19.6. The minimum absolute atomic E-state index is 0.582. The summed E-state index contributed by atoms with van der Waals surface area (Å²) in [6, 6.07) is 25.2. The summed E-state index contributed by atoms with van der Waals surface area (Å²) in [6.45, 7) is 1.78. The molecule has 0 atom stereocenters. The zero-order valence-corrected chi connectivity index (χ0v) is 17.7. The quantitative estimate of drug-likeness (QED) is 0.392. The number of ether oxygens (including phenoxy) is 1. The molecule has 5 rings (SSSR count). The lowest BCUT2D eigenvalue weighted by Crippen LogP contribution is -2.21. The topological polar surface area (TPSA) is 83.3 Å². The Morgan fingerprint density at radius 3 is 2.22 bits per heavy atom. The Labute approximate surface area is 184 Å². The van der Waals surface area contributed by atoms with E-state index in [1.54, 1.807) is 20.1 Å². The second kappa shape index (κ2) is 7.74. The third kappa shape index (κ3) is 3.22. The Morgan fingerprint density at radius 2 is 1.62 bits per heavy atom. The maximum Gasteiger partial charge on any atom is 0.339 e. The van der Waals surface area contributed by atoms with Crippen molar-refractivity contribution in [2.75, 3.05) is 7.11 Å². The molecule has 0 aliphatic carbocycles. The maximum atomic E-state index is 11.7. The Bertz CT molecular complexity index is 1430. The second-order valence-corrected chi connectivity index (χ2v) is 7.51. The average molecular weight is 423 g/mol. The normalized spacial score (nSPS) is 11.1. The van der Waals surface area contributed by atoms with Gasteiger partial charge in [0.15, 0.2) is 0 Å². The number of aromatic nitrogens is 2. The van der Waals surface area contributed by atoms with Crippen LogP contribution in [0.3, 0.4) is 0 Å². The van der Waals surface area contributed by atoms with Crippen molar-refractivity contribution in [3.63, 3.8) is 0 Å². The minimum Gasteiger partial charge on any atom is -0.496 e. The van der Waals surface area contributed by atoms with Gasteiger partial charge >= 0.3 is 6.03 Å². The highest BCUT2D eigenvalue weighted by Crippen LogP contribution is 2.44. The van der Waals surface area contributed by atoms with E-state index in [2.05, 4.69) is 17.2 Å². The zero-order chi connectivity index (χ0) is 22.2. The third-order valence-corrected chi connectivity index (χ3v) is 5.48. The van der Waals surface area contributed by atoms with E-state index in [1.165, 1.54) is 4.68 Å². The zero-order valence-electron chi connectivity index (χ0n) is 17.7. The lowest BCUT2D eigenvalue weighted by Gasteiger charge is -2.07. The van der Waals surface area contributed by atoms with Crippen LogP contribution in [0.5, 0.6) is 5.75 Å². The molecule has 0 radical (unpaired) electrons. The van der Waals surface area contributed by atoms with Crippen molar-refractivity contribution >= 4 is 17.0 Å². The van der Waals surface area contributed by atoms with Crippen LogP contribution >= 0.6 is 0 Å². The van der Waals surface area contributed by atoms with Crippen molar-refractivity contribution in [3.05, 3.63) is 84.6 Å². The SMILES string of the molecule is COc1cc2c(-c3ccccc3)c(-c3ccccc3)oc2cc1-c1cc(C)n(C(N)=O)n1. The van der Waals surface area contributed by atoms with Gasteiger partial charge in [0.25, 0.3) is 0 Å². The summed E-state index contributed by atoms with van der Waals surface area (Å²) in [5, 5.41) is 5.29. The number of fused-ring (bicyclic) bond motifs is 1. The van der Waals surface area contributed by atoms with Gasteiger partial charge in [0, 0.05) is 27.8 Å².